The first-order valence-corrected chi connectivity index (χ1v) is 9.68. The average molecular weight is 431 g/mol. The molecule has 0 aliphatic carbocycles. The molecule has 0 saturated carbocycles. The monoisotopic (exact) mass is 430 g/mol. The van der Waals surface area contributed by atoms with Crippen LogP contribution in [0.15, 0.2) is 65.8 Å². The number of hydrogen-bond acceptors (Lipinski definition) is 3. The van der Waals surface area contributed by atoms with Gasteiger partial charge in [0.25, 0.3) is 0 Å². The van der Waals surface area contributed by atoms with Crippen molar-refractivity contribution in [3.63, 3.8) is 0 Å². The van der Waals surface area contributed by atoms with Crippen molar-refractivity contribution in [2.75, 3.05) is 10.6 Å². The lowest BCUT2D eigenvalue weighted by Crippen LogP contribution is -2.24. The molecule has 0 amide bonds. The van der Waals surface area contributed by atoms with Gasteiger partial charge in [0.2, 0.25) is 5.96 Å². The number of guanidine groups is 1. The SMILES string of the molecule is CC(C)N=C(Nc1ccc(Cl)cc1)Nc1ncccc1OCc1c(F)cccc1F. The topological polar surface area (TPSA) is 58.5 Å². The molecular weight excluding hydrogens is 410 g/mol. The summed E-state index contributed by atoms with van der Waals surface area (Å²) in [6.07, 6.45) is 1.58. The third-order valence-corrected chi connectivity index (χ3v) is 4.19. The summed E-state index contributed by atoms with van der Waals surface area (Å²) in [6.45, 7) is 3.59. The number of nitrogens with one attached hydrogen (secondary N) is 2. The summed E-state index contributed by atoms with van der Waals surface area (Å²) in [7, 11) is 0. The number of pyridine rings is 1. The van der Waals surface area contributed by atoms with E-state index in [-0.39, 0.29) is 18.2 Å². The standard InChI is InChI=1S/C22H21ClF2N4O/c1-14(2)27-22(28-16-10-8-15(23)9-11-16)29-21-20(7-4-12-26-21)30-13-17-18(24)5-3-6-19(17)25/h3-12,14H,13H2,1-2H3,(H2,26,27,28,29). The van der Waals surface area contributed by atoms with Crippen molar-refractivity contribution in [1.82, 2.24) is 4.98 Å². The van der Waals surface area contributed by atoms with Gasteiger partial charge in [0, 0.05) is 22.9 Å². The van der Waals surface area contributed by atoms with Crippen LogP contribution in [0.3, 0.4) is 0 Å². The Labute approximate surface area is 178 Å². The molecule has 0 atom stereocenters. The maximum absolute atomic E-state index is 13.9. The van der Waals surface area contributed by atoms with E-state index >= 15 is 0 Å². The van der Waals surface area contributed by atoms with Crippen molar-refractivity contribution < 1.29 is 13.5 Å². The summed E-state index contributed by atoms with van der Waals surface area (Å²) in [5.74, 6) is -0.211. The van der Waals surface area contributed by atoms with Gasteiger partial charge in [-0.3, -0.25) is 0 Å². The fourth-order valence-electron chi connectivity index (χ4n) is 2.56. The minimum absolute atomic E-state index is 0.00658. The van der Waals surface area contributed by atoms with E-state index in [1.165, 1.54) is 18.2 Å². The largest absolute Gasteiger partial charge is 0.485 e. The van der Waals surface area contributed by atoms with Crippen LogP contribution in [0.1, 0.15) is 19.4 Å². The van der Waals surface area contributed by atoms with Crippen LogP contribution in [0.5, 0.6) is 5.75 Å². The highest BCUT2D eigenvalue weighted by Gasteiger charge is 2.13. The minimum Gasteiger partial charge on any atom is -0.485 e. The number of hydrogen-bond donors (Lipinski definition) is 2. The van der Waals surface area contributed by atoms with Gasteiger partial charge in [0.1, 0.15) is 18.2 Å². The molecule has 0 aliphatic heterocycles. The van der Waals surface area contributed by atoms with Crippen LogP contribution in [0.25, 0.3) is 0 Å². The summed E-state index contributed by atoms with van der Waals surface area (Å²) < 4.78 is 33.4. The molecule has 0 radical (unpaired) electrons. The highest BCUT2D eigenvalue weighted by atomic mass is 35.5. The number of halogens is 3. The Bertz CT molecular complexity index is 1010. The number of ether oxygens (including phenoxy) is 1. The molecule has 3 rings (SSSR count). The van der Waals surface area contributed by atoms with E-state index in [1.54, 1.807) is 30.5 Å². The van der Waals surface area contributed by atoms with Crippen LogP contribution >= 0.6 is 11.6 Å². The Kier molecular flexibility index (Phi) is 7.19. The van der Waals surface area contributed by atoms with Crippen LogP contribution in [-0.4, -0.2) is 17.0 Å². The van der Waals surface area contributed by atoms with Crippen molar-refractivity contribution in [2.45, 2.75) is 26.5 Å². The van der Waals surface area contributed by atoms with Gasteiger partial charge < -0.3 is 15.4 Å². The van der Waals surface area contributed by atoms with Crippen molar-refractivity contribution >= 4 is 29.1 Å². The molecule has 0 fully saturated rings. The lowest BCUT2D eigenvalue weighted by Gasteiger charge is -2.16. The number of benzene rings is 2. The lowest BCUT2D eigenvalue weighted by atomic mass is 10.2. The first kappa shape index (κ1) is 21.5. The highest BCUT2D eigenvalue weighted by molar-refractivity contribution is 6.30. The number of nitrogens with zero attached hydrogens (tertiary/aromatic N) is 2. The number of anilines is 2. The zero-order valence-electron chi connectivity index (χ0n) is 16.5. The van der Waals surface area contributed by atoms with Crippen LogP contribution in [0.2, 0.25) is 5.02 Å². The average Bonchev–Trinajstić information content (AvgIpc) is 2.70. The smallest absolute Gasteiger partial charge is 0.201 e. The van der Waals surface area contributed by atoms with E-state index in [9.17, 15) is 8.78 Å². The van der Waals surface area contributed by atoms with E-state index in [1.807, 2.05) is 26.0 Å². The van der Waals surface area contributed by atoms with Gasteiger partial charge in [-0.05, 0) is 62.4 Å². The molecular formula is C22H21ClF2N4O. The molecule has 2 N–H and O–H groups in total. The zero-order valence-corrected chi connectivity index (χ0v) is 17.3. The van der Waals surface area contributed by atoms with E-state index in [4.69, 9.17) is 16.3 Å². The van der Waals surface area contributed by atoms with E-state index < -0.39 is 11.6 Å². The van der Waals surface area contributed by atoms with E-state index in [0.29, 0.717) is 22.5 Å². The summed E-state index contributed by atoms with van der Waals surface area (Å²) in [5, 5.41) is 6.88. The third kappa shape index (κ3) is 5.90. The molecule has 0 aliphatic rings. The summed E-state index contributed by atoms with van der Waals surface area (Å²) in [6, 6.07) is 14.2. The van der Waals surface area contributed by atoms with Crippen LogP contribution in [0.4, 0.5) is 20.3 Å². The van der Waals surface area contributed by atoms with Crippen LogP contribution in [-0.2, 0) is 6.61 Å². The molecule has 30 heavy (non-hydrogen) atoms. The Morgan fingerprint density at radius 3 is 2.40 bits per heavy atom. The van der Waals surface area contributed by atoms with Gasteiger partial charge in [-0.15, -0.1) is 0 Å². The summed E-state index contributed by atoms with van der Waals surface area (Å²) in [4.78, 5) is 8.80. The summed E-state index contributed by atoms with van der Waals surface area (Å²) in [5.41, 5.74) is 0.626. The second-order valence-corrected chi connectivity index (χ2v) is 7.10. The fraction of sp³-hybridized carbons (Fsp3) is 0.182. The second-order valence-electron chi connectivity index (χ2n) is 6.67. The predicted molar refractivity (Wildman–Crippen MR) is 116 cm³/mol. The fourth-order valence-corrected chi connectivity index (χ4v) is 2.68. The second kappa shape index (κ2) is 10.0. The van der Waals surface area contributed by atoms with Gasteiger partial charge in [-0.1, -0.05) is 17.7 Å². The quantitative estimate of drug-likeness (QED) is 0.378. The molecule has 3 aromatic rings. The minimum atomic E-state index is -0.667. The van der Waals surface area contributed by atoms with Gasteiger partial charge in [0.15, 0.2) is 11.6 Å². The molecule has 0 unspecified atom stereocenters. The lowest BCUT2D eigenvalue weighted by molar-refractivity contribution is 0.293. The molecule has 1 heterocycles. The molecule has 5 nitrogen and oxygen atoms in total. The normalized spacial score (nSPS) is 11.5. The van der Waals surface area contributed by atoms with Crippen molar-refractivity contribution in [2.24, 2.45) is 4.99 Å². The van der Waals surface area contributed by atoms with Gasteiger partial charge in [0.05, 0.1) is 5.56 Å². The maximum atomic E-state index is 13.9. The Morgan fingerprint density at radius 2 is 1.73 bits per heavy atom. The molecule has 0 saturated heterocycles. The van der Waals surface area contributed by atoms with Crippen molar-refractivity contribution in [3.05, 3.63) is 83.0 Å². The molecule has 8 heteroatoms. The number of aromatic nitrogens is 1. The first-order chi connectivity index (χ1) is 14.4. The Balaban J connectivity index is 1.79. The molecule has 0 bridgehead atoms. The van der Waals surface area contributed by atoms with Crippen LogP contribution < -0.4 is 15.4 Å². The molecule has 2 aromatic carbocycles. The summed E-state index contributed by atoms with van der Waals surface area (Å²) >= 11 is 5.94. The molecule has 0 spiro atoms. The highest BCUT2D eigenvalue weighted by Crippen LogP contribution is 2.24. The van der Waals surface area contributed by atoms with Gasteiger partial charge in [-0.2, -0.15) is 0 Å². The van der Waals surface area contributed by atoms with Crippen LogP contribution in [0, 0.1) is 11.6 Å². The maximum Gasteiger partial charge on any atom is 0.201 e. The molecule has 156 valence electrons. The predicted octanol–water partition coefficient (Wildman–Crippen LogP) is 5.88. The van der Waals surface area contributed by atoms with E-state index in [2.05, 4.69) is 20.6 Å². The number of aliphatic imine (C=N–C) groups is 1. The first-order valence-electron chi connectivity index (χ1n) is 9.30. The Hall–Kier alpha value is -3.19. The van der Waals surface area contributed by atoms with E-state index in [0.717, 1.165) is 5.69 Å². The zero-order chi connectivity index (χ0) is 21.5. The molecule has 1 aromatic heterocycles. The number of rotatable bonds is 6. The van der Waals surface area contributed by atoms with Crippen molar-refractivity contribution in [3.8, 4) is 5.75 Å². The van der Waals surface area contributed by atoms with Gasteiger partial charge >= 0.3 is 0 Å². The van der Waals surface area contributed by atoms with Gasteiger partial charge in [-0.25, -0.2) is 18.8 Å². The Morgan fingerprint density at radius 1 is 1.03 bits per heavy atom. The third-order valence-electron chi connectivity index (χ3n) is 3.94. The van der Waals surface area contributed by atoms with Crippen molar-refractivity contribution in [1.29, 1.82) is 0 Å².